The highest BCUT2D eigenvalue weighted by molar-refractivity contribution is 5.55. The first-order valence-corrected chi connectivity index (χ1v) is 8.91. The minimum Gasteiger partial charge on any atom is -0.203 e. The van der Waals surface area contributed by atoms with Crippen molar-refractivity contribution in [2.75, 3.05) is 0 Å². The van der Waals surface area contributed by atoms with E-state index in [-0.39, 0.29) is 22.3 Å². The fourth-order valence-electron chi connectivity index (χ4n) is 1.93. The second kappa shape index (κ2) is 13.2. The third kappa shape index (κ3) is 9.09. The van der Waals surface area contributed by atoms with Gasteiger partial charge < -0.3 is 0 Å². The van der Waals surface area contributed by atoms with Crippen LogP contribution in [-0.4, -0.2) is 0 Å². The van der Waals surface area contributed by atoms with Crippen LogP contribution in [0.2, 0.25) is 0 Å². The lowest BCUT2D eigenvalue weighted by Crippen LogP contribution is -1.93. The molecule has 0 aliphatic carbocycles. The lowest BCUT2D eigenvalue weighted by atomic mass is 10.0. The molecule has 0 nitrogen and oxygen atoms in total. The molecule has 0 N–H and O–H groups in total. The molecule has 0 saturated heterocycles. The zero-order valence-electron chi connectivity index (χ0n) is 16.7. The first-order chi connectivity index (χ1) is 13.1. The van der Waals surface area contributed by atoms with Crippen molar-refractivity contribution in [3.8, 4) is 0 Å². The molecule has 0 spiro atoms. The van der Waals surface area contributed by atoms with Crippen molar-refractivity contribution in [3.63, 3.8) is 0 Å². The SMILES string of the molecule is C=CCCC(=C)/C=C\C(=C)C(=C)/C(F)=C(/F)C(=C)C(=C)/C=C\C(=C)CCC=C. The quantitative estimate of drug-likeness (QED) is 0.209. The predicted octanol–water partition coefficient (Wildman–Crippen LogP) is 8.52. The number of hydrogen-bond acceptors (Lipinski definition) is 0. The van der Waals surface area contributed by atoms with Crippen LogP contribution in [0.5, 0.6) is 0 Å². The van der Waals surface area contributed by atoms with Crippen molar-refractivity contribution in [2.24, 2.45) is 0 Å². The van der Waals surface area contributed by atoms with Gasteiger partial charge in [-0.3, -0.25) is 0 Å². The van der Waals surface area contributed by atoms with Crippen molar-refractivity contribution in [1.29, 1.82) is 0 Å². The van der Waals surface area contributed by atoms with Gasteiger partial charge in [0, 0.05) is 11.1 Å². The van der Waals surface area contributed by atoms with E-state index in [2.05, 4.69) is 52.6 Å². The molecule has 0 unspecified atom stereocenters. The molecule has 0 aromatic carbocycles. The topological polar surface area (TPSA) is 0 Å². The Morgan fingerprint density at radius 3 is 1.18 bits per heavy atom. The first-order valence-electron chi connectivity index (χ1n) is 8.91. The normalized spacial score (nSPS) is 11.8. The van der Waals surface area contributed by atoms with Gasteiger partial charge in [0.15, 0.2) is 11.7 Å². The minimum absolute atomic E-state index is 0.154. The van der Waals surface area contributed by atoms with Gasteiger partial charge in [-0.25, -0.2) is 8.78 Å². The summed E-state index contributed by atoms with van der Waals surface area (Å²) in [5.41, 5.74) is 1.85. The molecule has 0 aromatic rings. The third-order valence-corrected chi connectivity index (χ3v) is 3.88. The van der Waals surface area contributed by atoms with Crippen molar-refractivity contribution >= 4 is 0 Å². The molecule has 0 atom stereocenters. The summed E-state index contributed by atoms with van der Waals surface area (Å²) in [5.74, 6) is -2.23. The zero-order valence-corrected chi connectivity index (χ0v) is 16.7. The van der Waals surface area contributed by atoms with Crippen molar-refractivity contribution in [2.45, 2.75) is 25.7 Å². The Balaban J connectivity index is 5.11. The monoisotopic (exact) mass is 380 g/mol. The van der Waals surface area contributed by atoms with Crippen LogP contribution < -0.4 is 0 Å². The van der Waals surface area contributed by atoms with Crippen LogP contribution in [-0.2, 0) is 0 Å². The summed E-state index contributed by atoms with van der Waals surface area (Å²) in [7, 11) is 0. The Bertz CT molecular complexity index is 713. The lowest BCUT2D eigenvalue weighted by Gasteiger charge is -2.08. The molecule has 0 aliphatic heterocycles. The van der Waals surface area contributed by atoms with E-state index in [1.54, 1.807) is 36.5 Å². The maximum absolute atomic E-state index is 14.5. The Hall–Kier alpha value is -3.00. The fraction of sp³-hybridized carbons (Fsp3) is 0.154. The predicted molar refractivity (Wildman–Crippen MR) is 121 cm³/mol. The average Bonchev–Trinajstić information content (AvgIpc) is 2.70. The fourth-order valence-corrected chi connectivity index (χ4v) is 1.93. The summed E-state index contributed by atoms with van der Waals surface area (Å²) in [4.78, 5) is 0. The van der Waals surface area contributed by atoms with Crippen LogP contribution >= 0.6 is 0 Å². The van der Waals surface area contributed by atoms with Crippen LogP contribution in [0.4, 0.5) is 8.78 Å². The van der Waals surface area contributed by atoms with Crippen LogP contribution in [0.15, 0.2) is 134 Å². The molecule has 0 aromatic heterocycles. The van der Waals surface area contributed by atoms with Crippen molar-refractivity contribution in [1.82, 2.24) is 0 Å². The molecule has 0 radical (unpaired) electrons. The van der Waals surface area contributed by atoms with Gasteiger partial charge >= 0.3 is 0 Å². The standard InChI is InChI=1S/C26H30F2/c1-9-11-13-19(3)15-17-21(5)23(7)25(27)26(28)24(8)22(6)18-16-20(4)14-12-10-2/h9-10,15-18H,1-8,11-14H2/b17-15-,18-16-,26-25-. The number of halogens is 2. The van der Waals surface area contributed by atoms with Gasteiger partial charge in [0.2, 0.25) is 0 Å². The highest BCUT2D eigenvalue weighted by atomic mass is 19.2. The minimum atomic E-state index is -1.11. The van der Waals surface area contributed by atoms with Crippen molar-refractivity contribution < 1.29 is 8.78 Å². The molecule has 0 aliphatic rings. The molecule has 0 bridgehead atoms. The molecule has 0 amide bonds. The van der Waals surface area contributed by atoms with E-state index in [4.69, 9.17) is 0 Å². The summed E-state index contributed by atoms with van der Waals surface area (Å²) in [6, 6.07) is 0. The molecule has 0 heterocycles. The van der Waals surface area contributed by atoms with Crippen LogP contribution in [0.3, 0.4) is 0 Å². The molecule has 148 valence electrons. The third-order valence-electron chi connectivity index (χ3n) is 3.88. The Morgan fingerprint density at radius 2 is 0.893 bits per heavy atom. The second-order valence-electron chi connectivity index (χ2n) is 6.27. The van der Waals surface area contributed by atoms with E-state index in [0.717, 1.165) is 36.8 Å². The van der Waals surface area contributed by atoms with E-state index in [1.807, 2.05) is 0 Å². The van der Waals surface area contributed by atoms with E-state index in [1.165, 1.54) is 0 Å². The van der Waals surface area contributed by atoms with Crippen molar-refractivity contribution in [3.05, 3.63) is 134 Å². The zero-order chi connectivity index (χ0) is 21.7. The van der Waals surface area contributed by atoms with Gasteiger partial charge in [0.1, 0.15) is 0 Å². The molecule has 28 heavy (non-hydrogen) atoms. The van der Waals surface area contributed by atoms with Crippen LogP contribution in [0.1, 0.15) is 25.7 Å². The summed E-state index contributed by atoms with van der Waals surface area (Å²) in [6.07, 6.45) is 13.1. The molecule has 0 fully saturated rings. The molecule has 0 rings (SSSR count). The van der Waals surface area contributed by atoms with E-state index in [0.29, 0.717) is 0 Å². The average molecular weight is 381 g/mol. The Kier molecular flexibility index (Phi) is 11.8. The van der Waals surface area contributed by atoms with Gasteiger partial charge in [-0.05, 0) is 36.8 Å². The molecule has 0 saturated carbocycles. The van der Waals surface area contributed by atoms with E-state index < -0.39 is 11.7 Å². The van der Waals surface area contributed by atoms with Crippen LogP contribution in [0.25, 0.3) is 0 Å². The van der Waals surface area contributed by atoms with E-state index in [9.17, 15) is 8.78 Å². The lowest BCUT2D eigenvalue weighted by molar-refractivity contribution is 0.560. The van der Waals surface area contributed by atoms with Gasteiger partial charge in [-0.15, -0.1) is 13.2 Å². The maximum atomic E-state index is 14.5. The summed E-state index contributed by atoms with van der Waals surface area (Å²) in [6.45, 7) is 29.7. The second-order valence-corrected chi connectivity index (χ2v) is 6.27. The summed E-state index contributed by atoms with van der Waals surface area (Å²) in [5, 5.41) is 0. The highest BCUT2D eigenvalue weighted by Crippen LogP contribution is 2.29. The number of rotatable bonds is 14. The largest absolute Gasteiger partial charge is 0.203 e. The first kappa shape index (κ1) is 25.0. The Morgan fingerprint density at radius 1 is 0.571 bits per heavy atom. The Labute approximate surface area is 169 Å². The maximum Gasteiger partial charge on any atom is 0.166 e. The molecule has 2 heteroatoms. The summed E-state index contributed by atoms with van der Waals surface area (Å²) < 4.78 is 28.9. The highest BCUT2D eigenvalue weighted by Gasteiger charge is 2.15. The number of hydrogen-bond donors (Lipinski definition) is 0. The van der Waals surface area contributed by atoms with Gasteiger partial charge in [-0.1, -0.05) is 87.1 Å². The number of allylic oxidation sites excluding steroid dienone is 14. The van der Waals surface area contributed by atoms with Gasteiger partial charge in [-0.2, -0.15) is 0 Å². The van der Waals surface area contributed by atoms with E-state index >= 15 is 0 Å². The molecular weight excluding hydrogens is 350 g/mol. The van der Waals surface area contributed by atoms with Gasteiger partial charge in [0.05, 0.1) is 0 Å². The smallest absolute Gasteiger partial charge is 0.166 e. The van der Waals surface area contributed by atoms with Gasteiger partial charge in [0.25, 0.3) is 0 Å². The summed E-state index contributed by atoms with van der Waals surface area (Å²) >= 11 is 0. The molecular formula is C26H30F2. The van der Waals surface area contributed by atoms with Crippen LogP contribution in [0, 0.1) is 0 Å².